The Morgan fingerprint density at radius 1 is 1.39 bits per heavy atom. The number of nitrogens with one attached hydrogen (secondary N) is 1. The number of aliphatic carboxylic acids is 1. The number of carboxylic acid groups (broad SMARTS) is 1. The van der Waals surface area contributed by atoms with E-state index in [1.54, 1.807) is 6.07 Å². The van der Waals surface area contributed by atoms with Crippen LogP contribution in [0.4, 0.5) is 0 Å². The van der Waals surface area contributed by atoms with Crippen LogP contribution in [0.15, 0.2) is 23.1 Å². The van der Waals surface area contributed by atoms with Crippen LogP contribution in [-0.2, 0) is 14.8 Å². The van der Waals surface area contributed by atoms with Gasteiger partial charge in [-0.1, -0.05) is 6.07 Å². The quantitative estimate of drug-likeness (QED) is 0.792. The third-order valence-corrected chi connectivity index (χ3v) is 3.77. The maximum absolute atomic E-state index is 11.9. The SMILES string of the molecule is O=C(O)CCNS(=O)(=O)c1cccc2c1OCO2. The van der Waals surface area contributed by atoms with E-state index in [4.69, 9.17) is 14.6 Å². The smallest absolute Gasteiger partial charge is 0.304 e. The predicted octanol–water partition coefficient (Wildman–Crippen LogP) is 0.168. The standard InChI is InChI=1S/C10H11NO6S/c12-9(13)4-5-11-18(14,15)8-3-1-2-7-10(8)17-6-16-7/h1-3,11H,4-6H2,(H,12,13). The van der Waals surface area contributed by atoms with Gasteiger partial charge in [0.15, 0.2) is 11.5 Å². The fraction of sp³-hybridized carbons (Fsp3) is 0.300. The zero-order chi connectivity index (χ0) is 13.2. The van der Waals surface area contributed by atoms with Crippen molar-refractivity contribution in [3.63, 3.8) is 0 Å². The largest absolute Gasteiger partial charge is 0.481 e. The van der Waals surface area contributed by atoms with Crippen LogP contribution in [0.2, 0.25) is 0 Å². The van der Waals surface area contributed by atoms with Crippen molar-refractivity contribution in [2.45, 2.75) is 11.3 Å². The second kappa shape index (κ2) is 4.83. The summed E-state index contributed by atoms with van der Waals surface area (Å²) >= 11 is 0. The minimum atomic E-state index is -3.80. The first-order valence-electron chi connectivity index (χ1n) is 5.11. The van der Waals surface area contributed by atoms with Gasteiger partial charge < -0.3 is 14.6 Å². The van der Waals surface area contributed by atoms with E-state index >= 15 is 0 Å². The number of para-hydroxylation sites is 1. The number of carboxylic acids is 1. The van der Waals surface area contributed by atoms with Crippen molar-refractivity contribution >= 4 is 16.0 Å². The second-order valence-electron chi connectivity index (χ2n) is 3.53. The lowest BCUT2D eigenvalue weighted by Crippen LogP contribution is -2.26. The Labute approximate surface area is 103 Å². The minimum absolute atomic E-state index is 0.0308. The Kier molecular flexibility index (Phi) is 3.39. The molecule has 0 amide bonds. The summed E-state index contributed by atoms with van der Waals surface area (Å²) in [6, 6.07) is 4.49. The fourth-order valence-electron chi connectivity index (χ4n) is 1.49. The third kappa shape index (κ3) is 2.54. The van der Waals surface area contributed by atoms with E-state index in [1.165, 1.54) is 12.1 Å². The van der Waals surface area contributed by atoms with Gasteiger partial charge in [-0.05, 0) is 12.1 Å². The highest BCUT2D eigenvalue weighted by molar-refractivity contribution is 7.89. The van der Waals surface area contributed by atoms with Crippen LogP contribution in [0.1, 0.15) is 6.42 Å². The van der Waals surface area contributed by atoms with Gasteiger partial charge in [0.2, 0.25) is 16.8 Å². The average molecular weight is 273 g/mol. The number of fused-ring (bicyclic) bond motifs is 1. The molecule has 0 spiro atoms. The molecule has 1 aromatic carbocycles. The number of benzene rings is 1. The van der Waals surface area contributed by atoms with Crippen molar-refractivity contribution < 1.29 is 27.8 Å². The molecule has 1 heterocycles. The van der Waals surface area contributed by atoms with E-state index in [0.29, 0.717) is 5.75 Å². The summed E-state index contributed by atoms with van der Waals surface area (Å²) in [7, 11) is -3.80. The summed E-state index contributed by atoms with van der Waals surface area (Å²) in [5.41, 5.74) is 0. The number of ether oxygens (including phenoxy) is 2. The van der Waals surface area contributed by atoms with Crippen molar-refractivity contribution in [3.8, 4) is 11.5 Å². The summed E-state index contributed by atoms with van der Waals surface area (Å²) in [5, 5.41) is 8.46. The van der Waals surface area contributed by atoms with Gasteiger partial charge in [0, 0.05) is 6.54 Å². The zero-order valence-corrected chi connectivity index (χ0v) is 10.1. The normalized spacial score (nSPS) is 13.6. The molecule has 0 radical (unpaired) electrons. The molecule has 0 aliphatic carbocycles. The van der Waals surface area contributed by atoms with Crippen molar-refractivity contribution in [2.24, 2.45) is 0 Å². The van der Waals surface area contributed by atoms with Crippen LogP contribution in [0.25, 0.3) is 0 Å². The van der Waals surface area contributed by atoms with Crippen LogP contribution < -0.4 is 14.2 Å². The summed E-state index contributed by atoms with van der Waals surface area (Å²) in [6.07, 6.45) is -0.286. The molecule has 0 fully saturated rings. The molecular weight excluding hydrogens is 262 g/mol. The molecule has 0 bridgehead atoms. The Balaban J connectivity index is 2.20. The van der Waals surface area contributed by atoms with E-state index in [0.717, 1.165) is 0 Å². The van der Waals surface area contributed by atoms with Crippen LogP contribution >= 0.6 is 0 Å². The third-order valence-electron chi connectivity index (χ3n) is 2.28. The first-order chi connectivity index (χ1) is 8.50. The summed E-state index contributed by atoms with van der Waals surface area (Å²) in [4.78, 5) is 10.3. The Hall–Kier alpha value is -1.80. The molecule has 98 valence electrons. The summed E-state index contributed by atoms with van der Waals surface area (Å²) in [5.74, 6) is -0.563. The summed E-state index contributed by atoms with van der Waals surface area (Å²) in [6.45, 7) is -0.209. The molecule has 0 unspecified atom stereocenters. The number of sulfonamides is 1. The van der Waals surface area contributed by atoms with Gasteiger partial charge in [-0.3, -0.25) is 4.79 Å². The van der Waals surface area contributed by atoms with Crippen molar-refractivity contribution in [1.29, 1.82) is 0 Å². The number of carbonyl (C=O) groups is 1. The van der Waals surface area contributed by atoms with Crippen LogP contribution in [-0.4, -0.2) is 32.8 Å². The molecule has 2 N–H and O–H groups in total. The highest BCUT2D eigenvalue weighted by atomic mass is 32.2. The Morgan fingerprint density at radius 2 is 2.17 bits per heavy atom. The van der Waals surface area contributed by atoms with Gasteiger partial charge in [0.05, 0.1) is 6.42 Å². The topological polar surface area (TPSA) is 102 Å². The van der Waals surface area contributed by atoms with E-state index < -0.39 is 16.0 Å². The molecule has 1 aliphatic heterocycles. The minimum Gasteiger partial charge on any atom is -0.481 e. The van der Waals surface area contributed by atoms with Crippen LogP contribution in [0, 0.1) is 0 Å². The van der Waals surface area contributed by atoms with E-state index in [-0.39, 0.29) is 30.4 Å². The molecule has 8 heteroatoms. The molecule has 2 rings (SSSR count). The Bertz CT molecular complexity index is 568. The van der Waals surface area contributed by atoms with E-state index in [1.807, 2.05) is 0 Å². The van der Waals surface area contributed by atoms with Gasteiger partial charge in [0.25, 0.3) is 0 Å². The molecule has 1 aliphatic rings. The maximum atomic E-state index is 11.9. The number of hydrogen-bond acceptors (Lipinski definition) is 5. The van der Waals surface area contributed by atoms with Crippen molar-refractivity contribution in [2.75, 3.05) is 13.3 Å². The highest BCUT2D eigenvalue weighted by Crippen LogP contribution is 2.37. The van der Waals surface area contributed by atoms with E-state index in [9.17, 15) is 13.2 Å². The molecule has 0 atom stereocenters. The van der Waals surface area contributed by atoms with Crippen molar-refractivity contribution in [1.82, 2.24) is 4.72 Å². The maximum Gasteiger partial charge on any atom is 0.304 e. The molecule has 0 saturated carbocycles. The van der Waals surface area contributed by atoms with Gasteiger partial charge in [0.1, 0.15) is 4.90 Å². The van der Waals surface area contributed by atoms with Gasteiger partial charge in [-0.2, -0.15) is 0 Å². The first-order valence-corrected chi connectivity index (χ1v) is 6.59. The average Bonchev–Trinajstić information content (AvgIpc) is 2.75. The van der Waals surface area contributed by atoms with Crippen LogP contribution in [0.5, 0.6) is 11.5 Å². The Morgan fingerprint density at radius 3 is 2.89 bits per heavy atom. The van der Waals surface area contributed by atoms with Gasteiger partial charge in [-0.25, -0.2) is 13.1 Å². The zero-order valence-electron chi connectivity index (χ0n) is 9.25. The summed E-state index contributed by atoms with van der Waals surface area (Å²) < 4.78 is 36.2. The molecular formula is C10H11NO6S. The fourth-order valence-corrected chi connectivity index (χ4v) is 2.67. The highest BCUT2D eigenvalue weighted by Gasteiger charge is 2.25. The molecule has 0 saturated heterocycles. The molecule has 18 heavy (non-hydrogen) atoms. The first kappa shape index (κ1) is 12.7. The monoisotopic (exact) mass is 273 g/mol. The number of rotatable bonds is 5. The number of hydrogen-bond donors (Lipinski definition) is 2. The molecule has 0 aromatic heterocycles. The van der Waals surface area contributed by atoms with Crippen molar-refractivity contribution in [3.05, 3.63) is 18.2 Å². The molecule has 1 aromatic rings. The van der Waals surface area contributed by atoms with E-state index in [2.05, 4.69) is 4.72 Å². The second-order valence-corrected chi connectivity index (χ2v) is 5.27. The lowest BCUT2D eigenvalue weighted by Gasteiger charge is -2.07. The lowest BCUT2D eigenvalue weighted by molar-refractivity contribution is -0.136. The van der Waals surface area contributed by atoms with Gasteiger partial charge in [-0.15, -0.1) is 0 Å². The van der Waals surface area contributed by atoms with Crippen LogP contribution in [0.3, 0.4) is 0 Å². The predicted molar refractivity (Wildman–Crippen MR) is 60.0 cm³/mol. The van der Waals surface area contributed by atoms with Gasteiger partial charge >= 0.3 is 5.97 Å². The lowest BCUT2D eigenvalue weighted by atomic mass is 10.3. The molecule has 7 nitrogen and oxygen atoms in total.